The normalized spacial score (nSPS) is 22.8. The van der Waals surface area contributed by atoms with Gasteiger partial charge in [-0.3, -0.25) is 9.69 Å². The number of nitrogens with zero attached hydrogens (tertiary/aromatic N) is 1. The van der Waals surface area contributed by atoms with Gasteiger partial charge in [0, 0.05) is 32.5 Å². The molecule has 0 radical (unpaired) electrons. The lowest BCUT2D eigenvalue weighted by molar-refractivity contribution is -0.143. The van der Waals surface area contributed by atoms with E-state index in [2.05, 4.69) is 24.1 Å². The van der Waals surface area contributed by atoms with E-state index in [-0.39, 0.29) is 12.0 Å². The smallest absolute Gasteiger partial charge is 0.326 e. The highest BCUT2D eigenvalue weighted by Crippen LogP contribution is 2.13. The van der Waals surface area contributed by atoms with Crippen LogP contribution in [0.5, 0.6) is 0 Å². The van der Waals surface area contributed by atoms with Gasteiger partial charge in [-0.05, 0) is 13.8 Å². The minimum absolute atomic E-state index is 0.144. The number of amides is 1. The molecule has 0 aliphatic carbocycles. The maximum atomic E-state index is 11.0. The minimum atomic E-state index is -1.02. The summed E-state index contributed by atoms with van der Waals surface area (Å²) in [4.78, 5) is 24.2. The van der Waals surface area contributed by atoms with Crippen LogP contribution in [0.3, 0.4) is 0 Å². The van der Waals surface area contributed by atoms with Crippen molar-refractivity contribution in [3.05, 3.63) is 0 Å². The van der Waals surface area contributed by atoms with E-state index in [0.717, 1.165) is 6.54 Å². The highest BCUT2D eigenvalue weighted by molar-refractivity contribution is 5.82. The van der Waals surface area contributed by atoms with Crippen LogP contribution < -0.4 is 5.32 Å². The number of nitrogens with one attached hydrogen (secondary N) is 1. The van der Waals surface area contributed by atoms with Crippen molar-refractivity contribution >= 4 is 11.9 Å². The molecule has 0 aromatic carbocycles. The Labute approximate surface area is 107 Å². The summed E-state index contributed by atoms with van der Waals surface area (Å²) in [7, 11) is 0. The van der Waals surface area contributed by atoms with Crippen LogP contribution in [0, 0.1) is 0 Å². The molecule has 1 aliphatic heterocycles. The quantitative estimate of drug-likeness (QED) is 0.730. The average Bonchev–Trinajstić information content (AvgIpc) is 2.27. The summed E-state index contributed by atoms with van der Waals surface area (Å²) in [5.74, 6) is -1.35. The lowest BCUT2D eigenvalue weighted by Gasteiger charge is -2.36. The summed E-state index contributed by atoms with van der Waals surface area (Å²) in [5.41, 5.74) is 0. The molecule has 0 bridgehead atoms. The van der Waals surface area contributed by atoms with E-state index in [1.807, 2.05) is 0 Å². The molecule has 18 heavy (non-hydrogen) atoms. The van der Waals surface area contributed by atoms with E-state index in [1.165, 1.54) is 6.92 Å². The van der Waals surface area contributed by atoms with Crippen molar-refractivity contribution in [2.75, 3.05) is 19.7 Å². The standard InChI is InChI=1S/C12H22N2O4/c1-8(2)14-4-5-18-10(7-14)6-11(12(16)17)13-9(3)15/h8,10-11H,4-7H2,1-3H3,(H,13,15)(H,16,17). The number of hydrogen-bond acceptors (Lipinski definition) is 4. The summed E-state index contributed by atoms with van der Waals surface area (Å²) in [6.07, 6.45) is 0.159. The number of carboxylic acid groups (broad SMARTS) is 1. The number of hydrogen-bond donors (Lipinski definition) is 2. The SMILES string of the molecule is CC(=O)NC(CC1CN(C(C)C)CCO1)C(=O)O. The maximum absolute atomic E-state index is 11.0. The van der Waals surface area contributed by atoms with E-state index in [4.69, 9.17) is 9.84 Å². The largest absolute Gasteiger partial charge is 0.480 e. The van der Waals surface area contributed by atoms with Crippen LogP contribution in [0.2, 0.25) is 0 Å². The molecule has 1 rings (SSSR count). The number of aliphatic carboxylic acids is 1. The van der Waals surface area contributed by atoms with Crippen molar-refractivity contribution in [3.63, 3.8) is 0 Å². The molecule has 1 fully saturated rings. The van der Waals surface area contributed by atoms with Crippen LogP contribution in [0.25, 0.3) is 0 Å². The van der Waals surface area contributed by atoms with Crippen molar-refractivity contribution in [2.24, 2.45) is 0 Å². The summed E-state index contributed by atoms with van der Waals surface area (Å²) in [6.45, 7) is 7.70. The predicted molar refractivity (Wildman–Crippen MR) is 66.3 cm³/mol. The van der Waals surface area contributed by atoms with Gasteiger partial charge in [0.1, 0.15) is 6.04 Å². The molecular weight excluding hydrogens is 236 g/mol. The Kier molecular flexibility index (Phi) is 5.55. The summed E-state index contributed by atoms with van der Waals surface area (Å²) in [6, 6.07) is -0.458. The lowest BCUT2D eigenvalue weighted by atomic mass is 10.1. The molecule has 2 atom stereocenters. The summed E-state index contributed by atoms with van der Waals surface area (Å²) < 4.78 is 5.56. The Morgan fingerprint density at radius 1 is 1.50 bits per heavy atom. The second-order valence-corrected chi connectivity index (χ2v) is 4.91. The number of carboxylic acids is 1. The van der Waals surface area contributed by atoms with Crippen molar-refractivity contribution in [2.45, 2.75) is 45.4 Å². The third-order valence-electron chi connectivity index (χ3n) is 3.07. The van der Waals surface area contributed by atoms with E-state index < -0.39 is 12.0 Å². The van der Waals surface area contributed by atoms with Crippen molar-refractivity contribution < 1.29 is 19.4 Å². The number of rotatable bonds is 5. The van der Waals surface area contributed by atoms with E-state index >= 15 is 0 Å². The minimum Gasteiger partial charge on any atom is -0.480 e. The first-order chi connectivity index (χ1) is 8.40. The molecule has 1 aliphatic rings. The fourth-order valence-corrected chi connectivity index (χ4v) is 2.08. The molecule has 104 valence electrons. The van der Waals surface area contributed by atoms with Crippen molar-refractivity contribution in [1.29, 1.82) is 0 Å². The zero-order valence-electron chi connectivity index (χ0n) is 11.2. The van der Waals surface area contributed by atoms with Gasteiger partial charge in [0.25, 0.3) is 0 Å². The number of morpholine rings is 1. The molecule has 1 saturated heterocycles. The van der Waals surface area contributed by atoms with Crippen LogP contribution in [-0.4, -0.2) is 59.8 Å². The molecular formula is C12H22N2O4. The predicted octanol–water partition coefficient (Wildman–Crippen LogP) is 0.0750. The first-order valence-electron chi connectivity index (χ1n) is 6.25. The number of carbonyl (C=O) groups is 2. The highest BCUT2D eigenvalue weighted by Gasteiger charge is 2.28. The molecule has 6 nitrogen and oxygen atoms in total. The Balaban J connectivity index is 2.52. The molecule has 6 heteroatoms. The average molecular weight is 258 g/mol. The second kappa shape index (κ2) is 6.70. The van der Waals surface area contributed by atoms with Gasteiger partial charge in [0.2, 0.25) is 5.91 Å². The van der Waals surface area contributed by atoms with Crippen LogP contribution in [-0.2, 0) is 14.3 Å². The number of ether oxygens (including phenoxy) is 1. The molecule has 0 aromatic rings. The zero-order valence-corrected chi connectivity index (χ0v) is 11.2. The molecule has 1 heterocycles. The first-order valence-corrected chi connectivity index (χ1v) is 6.25. The Bertz CT molecular complexity index is 306. The molecule has 2 unspecified atom stereocenters. The maximum Gasteiger partial charge on any atom is 0.326 e. The van der Waals surface area contributed by atoms with Gasteiger partial charge in [0.05, 0.1) is 12.7 Å². The second-order valence-electron chi connectivity index (χ2n) is 4.91. The van der Waals surface area contributed by atoms with E-state index in [0.29, 0.717) is 25.6 Å². The first kappa shape index (κ1) is 14.9. The molecule has 0 spiro atoms. The third-order valence-corrected chi connectivity index (χ3v) is 3.07. The van der Waals surface area contributed by atoms with Gasteiger partial charge in [0.15, 0.2) is 0 Å². The monoisotopic (exact) mass is 258 g/mol. The summed E-state index contributed by atoms with van der Waals surface area (Å²) >= 11 is 0. The van der Waals surface area contributed by atoms with Crippen LogP contribution >= 0.6 is 0 Å². The number of carbonyl (C=O) groups excluding carboxylic acids is 1. The van der Waals surface area contributed by atoms with E-state index in [9.17, 15) is 9.59 Å². The van der Waals surface area contributed by atoms with Gasteiger partial charge in [-0.1, -0.05) is 0 Å². The molecule has 0 aromatic heterocycles. The van der Waals surface area contributed by atoms with Crippen molar-refractivity contribution in [1.82, 2.24) is 10.2 Å². The van der Waals surface area contributed by atoms with Gasteiger partial charge in [-0.2, -0.15) is 0 Å². The Hall–Kier alpha value is -1.14. The van der Waals surface area contributed by atoms with Gasteiger partial charge >= 0.3 is 5.97 Å². The fourth-order valence-electron chi connectivity index (χ4n) is 2.08. The molecule has 2 N–H and O–H groups in total. The summed E-state index contributed by atoms with van der Waals surface area (Å²) in [5, 5.41) is 11.5. The van der Waals surface area contributed by atoms with Gasteiger partial charge < -0.3 is 15.2 Å². The van der Waals surface area contributed by atoms with Gasteiger partial charge in [-0.15, -0.1) is 0 Å². The fraction of sp³-hybridized carbons (Fsp3) is 0.833. The topological polar surface area (TPSA) is 78.9 Å². The van der Waals surface area contributed by atoms with Crippen molar-refractivity contribution in [3.8, 4) is 0 Å². The Morgan fingerprint density at radius 3 is 2.67 bits per heavy atom. The van der Waals surface area contributed by atoms with Crippen LogP contribution in [0.4, 0.5) is 0 Å². The highest BCUT2D eigenvalue weighted by atomic mass is 16.5. The third kappa shape index (κ3) is 4.62. The lowest BCUT2D eigenvalue weighted by Crippen LogP contribution is -2.50. The van der Waals surface area contributed by atoms with Crippen LogP contribution in [0.15, 0.2) is 0 Å². The molecule has 1 amide bonds. The Morgan fingerprint density at radius 2 is 2.17 bits per heavy atom. The van der Waals surface area contributed by atoms with E-state index in [1.54, 1.807) is 0 Å². The molecule has 0 saturated carbocycles. The van der Waals surface area contributed by atoms with Gasteiger partial charge in [-0.25, -0.2) is 4.79 Å². The van der Waals surface area contributed by atoms with Crippen LogP contribution in [0.1, 0.15) is 27.2 Å². The zero-order chi connectivity index (χ0) is 13.7.